The highest BCUT2D eigenvalue weighted by molar-refractivity contribution is 6.00. The summed E-state index contributed by atoms with van der Waals surface area (Å²) in [5, 5.41) is 9.81. The topological polar surface area (TPSA) is 104 Å². The molecule has 0 saturated carbocycles. The van der Waals surface area contributed by atoms with Crippen LogP contribution in [0.3, 0.4) is 0 Å². The van der Waals surface area contributed by atoms with Gasteiger partial charge in [0, 0.05) is 38.3 Å². The van der Waals surface area contributed by atoms with Gasteiger partial charge in [-0.25, -0.2) is 14.0 Å². The van der Waals surface area contributed by atoms with E-state index in [2.05, 4.69) is 0 Å². The molecule has 2 aliphatic rings. The van der Waals surface area contributed by atoms with Crippen LogP contribution in [0.4, 0.5) is 14.9 Å². The largest absolute Gasteiger partial charge is 0.452 e. The molecular weight excluding hydrogens is 557 g/mol. The van der Waals surface area contributed by atoms with Crippen LogP contribution in [0, 0.1) is 11.8 Å². The molecule has 5 atom stereocenters. The van der Waals surface area contributed by atoms with Crippen LogP contribution < -0.4 is 9.64 Å². The number of fused-ring (bicyclic) bond motifs is 1. The van der Waals surface area contributed by atoms with Crippen molar-refractivity contribution < 1.29 is 42.8 Å². The first-order chi connectivity index (χ1) is 19.7. The number of amides is 1. The summed E-state index contributed by atoms with van der Waals surface area (Å²) >= 11 is 0. The number of aliphatic hydroxyl groups is 1. The van der Waals surface area contributed by atoms with Crippen LogP contribution in [-0.2, 0) is 18.9 Å². The number of anilines is 1. The standard InChI is InChI=1S/C33H48FNO8/c1-12-35(30(38)43-31(5,6)7)23-17-22(27-26(18-23)40-33(10,11)42-29(27)37)14-13-15-25-28(41-32(8,9)39-25)20(3)24(34)16-19(2)21(4)36/h13-14,16-21,25,28,36H,12,15H2,1-11H3/b14-13+,24-16+/t19-,20-,21+,25+,28-/m1/s1. The van der Waals surface area contributed by atoms with Crippen LogP contribution in [0.5, 0.6) is 5.75 Å². The lowest BCUT2D eigenvalue weighted by Crippen LogP contribution is -2.40. The fourth-order valence-corrected chi connectivity index (χ4v) is 5.00. The molecule has 0 spiro atoms. The average molecular weight is 606 g/mol. The van der Waals surface area contributed by atoms with Crippen LogP contribution in [0.2, 0.25) is 0 Å². The highest BCUT2D eigenvalue weighted by Gasteiger charge is 2.44. The molecule has 0 unspecified atom stereocenters. The lowest BCUT2D eigenvalue weighted by molar-refractivity contribution is -0.149. The molecule has 1 amide bonds. The number of carbonyl (C=O) groups excluding carboxylic acids is 2. The number of nitrogens with zero attached hydrogens (tertiary/aromatic N) is 1. The van der Waals surface area contributed by atoms with Crippen LogP contribution in [0.1, 0.15) is 98.5 Å². The number of aliphatic hydroxyl groups excluding tert-OH is 1. The van der Waals surface area contributed by atoms with E-state index >= 15 is 4.39 Å². The van der Waals surface area contributed by atoms with Gasteiger partial charge < -0.3 is 28.8 Å². The maximum Gasteiger partial charge on any atom is 0.414 e. The Balaban J connectivity index is 1.96. The first-order valence-electron chi connectivity index (χ1n) is 14.9. The van der Waals surface area contributed by atoms with E-state index < -0.39 is 53.5 Å². The Hall–Kier alpha value is -2.95. The molecule has 1 fully saturated rings. The smallest absolute Gasteiger partial charge is 0.414 e. The van der Waals surface area contributed by atoms with Crippen molar-refractivity contribution in [3.05, 3.63) is 41.2 Å². The van der Waals surface area contributed by atoms with E-state index in [1.54, 1.807) is 87.4 Å². The van der Waals surface area contributed by atoms with Crippen molar-refractivity contribution in [2.24, 2.45) is 11.8 Å². The average Bonchev–Trinajstić information content (AvgIpc) is 3.15. The van der Waals surface area contributed by atoms with Gasteiger partial charge in [0.15, 0.2) is 5.79 Å². The van der Waals surface area contributed by atoms with Crippen molar-refractivity contribution in [3.8, 4) is 5.75 Å². The highest BCUT2D eigenvalue weighted by Crippen LogP contribution is 2.40. The number of halogens is 1. The number of carbonyl (C=O) groups is 2. The minimum atomic E-state index is -1.19. The van der Waals surface area contributed by atoms with Gasteiger partial charge in [-0.15, -0.1) is 0 Å². The number of cyclic esters (lactones) is 1. The Morgan fingerprint density at radius 1 is 1.12 bits per heavy atom. The third kappa shape index (κ3) is 8.80. The van der Waals surface area contributed by atoms with Crippen molar-refractivity contribution >= 4 is 23.8 Å². The molecule has 240 valence electrons. The fraction of sp³-hybridized carbons (Fsp3) is 0.636. The summed E-state index contributed by atoms with van der Waals surface area (Å²) in [5.41, 5.74) is 0.509. The molecule has 43 heavy (non-hydrogen) atoms. The zero-order chi connectivity index (χ0) is 32.5. The minimum Gasteiger partial charge on any atom is -0.452 e. The van der Waals surface area contributed by atoms with E-state index in [0.29, 0.717) is 24.2 Å². The van der Waals surface area contributed by atoms with Crippen molar-refractivity contribution in [2.45, 2.75) is 118 Å². The molecule has 0 bridgehead atoms. The molecule has 1 aromatic carbocycles. The summed E-state index contributed by atoms with van der Waals surface area (Å²) in [6, 6.07) is 3.35. The quantitative estimate of drug-likeness (QED) is 0.296. The first-order valence-corrected chi connectivity index (χ1v) is 14.9. The molecule has 0 aromatic heterocycles. The third-order valence-corrected chi connectivity index (χ3v) is 7.26. The second-order valence-corrected chi connectivity index (χ2v) is 13.2. The van der Waals surface area contributed by atoms with Gasteiger partial charge in [0.05, 0.1) is 24.0 Å². The van der Waals surface area contributed by atoms with Gasteiger partial charge in [0.25, 0.3) is 0 Å². The number of hydrogen-bond acceptors (Lipinski definition) is 8. The monoisotopic (exact) mass is 605 g/mol. The zero-order valence-corrected chi connectivity index (χ0v) is 27.3. The second kappa shape index (κ2) is 13.0. The Bertz CT molecular complexity index is 1250. The minimum absolute atomic E-state index is 0.231. The zero-order valence-electron chi connectivity index (χ0n) is 27.3. The first kappa shape index (κ1) is 34.5. The SMILES string of the molecule is CCN(C(=O)OC(C)(C)C)c1cc(/C=C/C[C@@H]2OC(C)(C)O[C@@H]2[C@H](C)/C(F)=C\[C@@H](C)[C@H](C)O)c2c(c1)OC(C)(C)OC2=O. The van der Waals surface area contributed by atoms with E-state index in [0.717, 1.165) is 0 Å². The lowest BCUT2D eigenvalue weighted by atomic mass is 9.93. The Morgan fingerprint density at radius 2 is 1.77 bits per heavy atom. The van der Waals surface area contributed by atoms with Crippen molar-refractivity contribution in [3.63, 3.8) is 0 Å². The van der Waals surface area contributed by atoms with Gasteiger partial charge in [0.1, 0.15) is 22.7 Å². The number of benzene rings is 1. The Kier molecular flexibility index (Phi) is 10.4. The summed E-state index contributed by atoms with van der Waals surface area (Å²) in [6.07, 6.45) is 3.05. The van der Waals surface area contributed by atoms with E-state index in [1.807, 2.05) is 13.0 Å². The molecule has 2 aliphatic heterocycles. The Labute approximate surface area is 255 Å². The van der Waals surface area contributed by atoms with Crippen LogP contribution >= 0.6 is 0 Å². The van der Waals surface area contributed by atoms with Crippen LogP contribution in [-0.4, -0.2) is 59.2 Å². The molecule has 9 nitrogen and oxygen atoms in total. The van der Waals surface area contributed by atoms with Crippen molar-refractivity contribution in [1.82, 2.24) is 0 Å². The van der Waals surface area contributed by atoms with Gasteiger partial charge in [0.2, 0.25) is 5.79 Å². The van der Waals surface area contributed by atoms with E-state index in [9.17, 15) is 14.7 Å². The summed E-state index contributed by atoms with van der Waals surface area (Å²) in [6.45, 7) is 19.5. The summed E-state index contributed by atoms with van der Waals surface area (Å²) in [7, 11) is 0. The van der Waals surface area contributed by atoms with Gasteiger partial charge >= 0.3 is 12.1 Å². The van der Waals surface area contributed by atoms with Gasteiger partial charge in [-0.05, 0) is 72.6 Å². The molecule has 1 N–H and O–H groups in total. The highest BCUT2D eigenvalue weighted by atomic mass is 19.1. The summed E-state index contributed by atoms with van der Waals surface area (Å²) < 4.78 is 44.5. The number of hydrogen-bond donors (Lipinski definition) is 1. The molecule has 1 saturated heterocycles. The molecule has 0 aliphatic carbocycles. The summed E-state index contributed by atoms with van der Waals surface area (Å²) in [5.74, 6) is -3.73. The maximum atomic E-state index is 15.2. The van der Waals surface area contributed by atoms with Gasteiger partial charge in [-0.2, -0.15) is 0 Å². The lowest BCUT2D eigenvalue weighted by Gasteiger charge is -2.33. The molecule has 1 aromatic rings. The summed E-state index contributed by atoms with van der Waals surface area (Å²) in [4.78, 5) is 27.6. The molecule has 2 heterocycles. The molecule has 10 heteroatoms. The molecule has 0 radical (unpaired) electrons. The molecular formula is C33H48FNO8. The predicted octanol–water partition coefficient (Wildman–Crippen LogP) is 7.16. The normalized spacial score (nSPS) is 23.7. The Morgan fingerprint density at radius 3 is 2.35 bits per heavy atom. The van der Waals surface area contributed by atoms with Gasteiger partial charge in [-0.3, -0.25) is 4.90 Å². The number of ether oxygens (including phenoxy) is 5. The number of esters is 1. The van der Waals surface area contributed by atoms with Crippen LogP contribution in [0.15, 0.2) is 30.1 Å². The van der Waals surface area contributed by atoms with E-state index in [1.165, 1.54) is 11.0 Å². The predicted molar refractivity (Wildman–Crippen MR) is 162 cm³/mol. The van der Waals surface area contributed by atoms with E-state index in [4.69, 9.17) is 23.7 Å². The van der Waals surface area contributed by atoms with Crippen molar-refractivity contribution in [2.75, 3.05) is 11.4 Å². The maximum absolute atomic E-state index is 15.2. The molecule has 3 rings (SSSR count). The fourth-order valence-electron chi connectivity index (χ4n) is 5.00. The second-order valence-electron chi connectivity index (χ2n) is 13.2. The number of rotatable bonds is 9. The van der Waals surface area contributed by atoms with Crippen LogP contribution in [0.25, 0.3) is 6.08 Å². The van der Waals surface area contributed by atoms with Crippen molar-refractivity contribution in [1.29, 1.82) is 0 Å². The third-order valence-electron chi connectivity index (χ3n) is 7.26. The van der Waals surface area contributed by atoms with Gasteiger partial charge in [-0.1, -0.05) is 26.0 Å². The van der Waals surface area contributed by atoms with E-state index in [-0.39, 0.29) is 23.1 Å².